The van der Waals surface area contributed by atoms with Crippen LogP contribution in [-0.2, 0) is 10.0 Å². The Bertz CT molecular complexity index is 1600. The summed E-state index contributed by atoms with van der Waals surface area (Å²) < 4.78 is 28.2. The zero-order chi connectivity index (χ0) is 27.9. The van der Waals surface area contributed by atoms with Crippen LogP contribution >= 0.6 is 12.2 Å². The van der Waals surface area contributed by atoms with Gasteiger partial charge in [-0.25, -0.2) is 8.42 Å². The van der Waals surface area contributed by atoms with E-state index in [9.17, 15) is 8.42 Å². The number of benzene rings is 2. The Morgan fingerprint density at radius 3 is 2.23 bits per heavy atom. The van der Waals surface area contributed by atoms with Crippen LogP contribution in [0, 0.1) is 13.8 Å². The van der Waals surface area contributed by atoms with Crippen LogP contribution in [0.25, 0.3) is 5.69 Å². The van der Waals surface area contributed by atoms with Gasteiger partial charge in [0.25, 0.3) is 0 Å². The summed E-state index contributed by atoms with van der Waals surface area (Å²) in [6.07, 6.45) is 2.93. The van der Waals surface area contributed by atoms with Crippen molar-refractivity contribution in [2.24, 2.45) is 0 Å². The monoisotopic (exact) mass is 560 g/mol. The molecule has 0 aliphatic carbocycles. The van der Waals surface area contributed by atoms with E-state index in [1.165, 1.54) is 0 Å². The lowest BCUT2D eigenvalue weighted by molar-refractivity contribution is 0.565. The zero-order valence-electron chi connectivity index (χ0n) is 22.6. The molecular formula is C29H32N6O2S2. The summed E-state index contributed by atoms with van der Waals surface area (Å²) in [7, 11) is 0.691. The van der Waals surface area contributed by atoms with E-state index in [-0.39, 0.29) is 12.1 Å². The molecule has 10 heteroatoms. The van der Waals surface area contributed by atoms with Gasteiger partial charge in [0.05, 0.1) is 24.0 Å². The summed E-state index contributed by atoms with van der Waals surface area (Å²) in [5.41, 5.74) is 7.84. The van der Waals surface area contributed by atoms with Gasteiger partial charge in [-0.1, -0.05) is 6.07 Å². The van der Waals surface area contributed by atoms with Crippen molar-refractivity contribution >= 4 is 44.4 Å². The summed E-state index contributed by atoms with van der Waals surface area (Å²) >= 11 is 5.88. The van der Waals surface area contributed by atoms with Crippen LogP contribution < -0.4 is 19.8 Å². The smallest absolute Gasteiger partial charge is 0.229 e. The van der Waals surface area contributed by atoms with Crippen molar-refractivity contribution in [2.45, 2.75) is 25.9 Å². The summed E-state index contributed by atoms with van der Waals surface area (Å²) in [6, 6.07) is 23.5. The molecule has 0 radical (unpaired) electrons. The predicted molar refractivity (Wildman–Crippen MR) is 162 cm³/mol. The molecule has 0 bridgehead atoms. The number of aromatic nitrogens is 2. The number of thiocarbonyl (C=S) groups is 1. The summed E-state index contributed by atoms with van der Waals surface area (Å²) in [6.45, 7) is 4.25. The second-order valence-corrected chi connectivity index (χ2v) is 12.1. The van der Waals surface area contributed by atoms with Gasteiger partial charge in [-0.15, -0.1) is 0 Å². The van der Waals surface area contributed by atoms with Gasteiger partial charge in [-0.05, 0) is 98.4 Å². The van der Waals surface area contributed by atoms with Gasteiger partial charge >= 0.3 is 0 Å². The molecule has 1 fully saturated rings. The number of anilines is 3. The van der Waals surface area contributed by atoms with Crippen molar-refractivity contribution in [3.8, 4) is 5.69 Å². The third-order valence-corrected chi connectivity index (χ3v) is 7.88. The summed E-state index contributed by atoms with van der Waals surface area (Å²) in [5.74, 6) is 0. The van der Waals surface area contributed by atoms with Gasteiger partial charge in [0, 0.05) is 54.4 Å². The number of sulfonamides is 1. The lowest BCUT2D eigenvalue weighted by Gasteiger charge is -2.28. The standard InChI is InChI=1S/C29H32N6O2S2/c1-19-18-25(20(2)34(19)23-15-13-22(14-16-23)33(3)4)28-27(26-8-6-7-17-30-26)31-29(38)35(28)24-11-9-21(10-12-24)32-39(5,36)37/h6-18,27-28,32H,1-5H3,(H,31,38). The molecule has 1 aliphatic rings. The molecule has 2 N–H and O–H groups in total. The fourth-order valence-electron chi connectivity index (χ4n) is 5.24. The highest BCUT2D eigenvalue weighted by Crippen LogP contribution is 2.44. The molecule has 4 aromatic rings. The van der Waals surface area contributed by atoms with Gasteiger partial charge in [-0.3, -0.25) is 9.71 Å². The molecule has 0 spiro atoms. The normalized spacial score (nSPS) is 17.3. The maximum atomic E-state index is 11.7. The van der Waals surface area contributed by atoms with Crippen LogP contribution in [0.2, 0.25) is 0 Å². The number of hydrogen-bond donors (Lipinski definition) is 2. The predicted octanol–water partition coefficient (Wildman–Crippen LogP) is 5.10. The van der Waals surface area contributed by atoms with Crippen LogP contribution in [0.15, 0.2) is 79.0 Å². The second kappa shape index (κ2) is 10.3. The molecule has 1 aliphatic heterocycles. The molecule has 0 saturated carbocycles. The Morgan fingerprint density at radius 1 is 0.974 bits per heavy atom. The molecule has 5 rings (SSSR count). The van der Waals surface area contributed by atoms with Crippen LogP contribution in [0.5, 0.6) is 0 Å². The van der Waals surface area contributed by atoms with E-state index in [1.54, 1.807) is 18.3 Å². The van der Waals surface area contributed by atoms with Gasteiger partial charge < -0.3 is 19.7 Å². The number of pyridine rings is 1. The average molecular weight is 561 g/mol. The quantitative estimate of drug-likeness (QED) is 0.304. The molecule has 8 nitrogen and oxygen atoms in total. The molecule has 2 aromatic heterocycles. The first-order valence-electron chi connectivity index (χ1n) is 12.6. The first-order valence-corrected chi connectivity index (χ1v) is 14.9. The van der Waals surface area contributed by atoms with Crippen molar-refractivity contribution in [3.63, 3.8) is 0 Å². The molecule has 202 valence electrons. The number of hydrogen-bond acceptors (Lipinski definition) is 5. The fraction of sp³-hybridized carbons (Fsp3) is 0.241. The van der Waals surface area contributed by atoms with Crippen LogP contribution in [-0.4, -0.2) is 43.4 Å². The minimum atomic E-state index is -3.38. The summed E-state index contributed by atoms with van der Waals surface area (Å²) in [5, 5.41) is 4.09. The molecule has 3 heterocycles. The van der Waals surface area contributed by atoms with Gasteiger partial charge in [0.1, 0.15) is 0 Å². The molecule has 1 saturated heterocycles. The molecule has 39 heavy (non-hydrogen) atoms. The van der Waals surface area contributed by atoms with E-state index in [0.717, 1.165) is 46.0 Å². The van der Waals surface area contributed by atoms with Gasteiger partial charge in [0.15, 0.2) is 5.11 Å². The summed E-state index contributed by atoms with van der Waals surface area (Å²) in [4.78, 5) is 8.84. The highest BCUT2D eigenvalue weighted by atomic mass is 32.2. The maximum absolute atomic E-state index is 11.7. The zero-order valence-corrected chi connectivity index (χ0v) is 24.2. The second-order valence-electron chi connectivity index (χ2n) is 9.99. The molecule has 0 amide bonds. The highest BCUT2D eigenvalue weighted by Gasteiger charge is 2.42. The van der Waals surface area contributed by atoms with E-state index in [4.69, 9.17) is 12.2 Å². The van der Waals surface area contributed by atoms with E-state index >= 15 is 0 Å². The molecule has 2 atom stereocenters. The van der Waals surface area contributed by atoms with Crippen molar-refractivity contribution in [1.29, 1.82) is 0 Å². The van der Waals surface area contributed by atoms with Crippen molar-refractivity contribution < 1.29 is 8.42 Å². The first kappa shape index (κ1) is 26.7. The topological polar surface area (TPSA) is 82.5 Å². The van der Waals surface area contributed by atoms with E-state index in [1.807, 2.05) is 44.4 Å². The average Bonchev–Trinajstić information content (AvgIpc) is 3.39. The number of nitrogens with zero attached hydrogens (tertiary/aromatic N) is 4. The fourth-order valence-corrected chi connectivity index (χ4v) is 6.15. The van der Waals surface area contributed by atoms with Crippen LogP contribution in [0.4, 0.5) is 17.1 Å². The van der Waals surface area contributed by atoms with Gasteiger partial charge in [-0.2, -0.15) is 0 Å². The van der Waals surface area contributed by atoms with Crippen molar-refractivity contribution in [3.05, 3.63) is 102 Å². The lowest BCUT2D eigenvalue weighted by atomic mass is 9.96. The highest BCUT2D eigenvalue weighted by molar-refractivity contribution is 7.92. The van der Waals surface area contributed by atoms with E-state index in [0.29, 0.717) is 10.8 Å². The molecule has 2 unspecified atom stereocenters. The lowest BCUT2D eigenvalue weighted by Crippen LogP contribution is -2.29. The largest absolute Gasteiger partial charge is 0.378 e. The van der Waals surface area contributed by atoms with Crippen molar-refractivity contribution in [2.75, 3.05) is 34.9 Å². The number of aryl methyl sites for hydroxylation is 1. The van der Waals surface area contributed by atoms with E-state index in [2.05, 4.69) is 73.6 Å². The Balaban J connectivity index is 1.60. The van der Waals surface area contributed by atoms with Crippen LogP contribution in [0.3, 0.4) is 0 Å². The third kappa shape index (κ3) is 5.35. The number of nitrogens with one attached hydrogen (secondary N) is 2. The Kier molecular flexibility index (Phi) is 7.09. The Morgan fingerprint density at radius 2 is 1.64 bits per heavy atom. The molecular weight excluding hydrogens is 528 g/mol. The van der Waals surface area contributed by atoms with Gasteiger partial charge in [0.2, 0.25) is 10.0 Å². The Hall–Kier alpha value is -3.89. The van der Waals surface area contributed by atoms with Crippen LogP contribution in [0.1, 0.15) is 34.7 Å². The number of rotatable bonds is 7. The van der Waals surface area contributed by atoms with E-state index < -0.39 is 10.0 Å². The molecule has 2 aromatic carbocycles. The first-order chi connectivity index (χ1) is 18.5. The minimum Gasteiger partial charge on any atom is -0.378 e. The maximum Gasteiger partial charge on any atom is 0.229 e. The Labute approximate surface area is 235 Å². The SMILES string of the molecule is Cc1cc(C2C(c3ccccn3)NC(=S)N2c2ccc(NS(C)(=O)=O)cc2)c(C)n1-c1ccc(N(C)C)cc1. The van der Waals surface area contributed by atoms with Crippen molar-refractivity contribution in [1.82, 2.24) is 14.9 Å². The minimum absolute atomic E-state index is 0.179. The third-order valence-electron chi connectivity index (χ3n) is 6.96.